The first-order chi connectivity index (χ1) is 10.9. The number of nitrogens with one attached hydrogen (secondary N) is 1. The number of pyridine rings is 1. The lowest BCUT2D eigenvalue weighted by Crippen LogP contribution is -2.18. The Morgan fingerprint density at radius 1 is 1.43 bits per heavy atom. The maximum Gasteiger partial charge on any atom is 0.272 e. The van der Waals surface area contributed by atoms with Crippen LogP contribution in [0.25, 0.3) is 0 Å². The van der Waals surface area contributed by atoms with Crippen LogP contribution in [0, 0.1) is 6.92 Å². The number of carbonyl (C=O) groups is 1. The van der Waals surface area contributed by atoms with Crippen molar-refractivity contribution in [1.82, 2.24) is 10.4 Å². The minimum Gasteiger partial charge on any atom is -0.505 e. The van der Waals surface area contributed by atoms with Gasteiger partial charge in [0.1, 0.15) is 5.75 Å². The highest BCUT2D eigenvalue weighted by molar-refractivity contribution is 6.35. The van der Waals surface area contributed by atoms with Crippen LogP contribution in [0.15, 0.2) is 29.5 Å². The molecule has 2 aromatic rings. The number of rotatable bonds is 4. The molecule has 0 bridgehead atoms. The molecular formula is C15H13Cl2N3O3. The number of amides is 1. The standard InChI is InChI=1S/C15H13Cl2N3O3/c1-8-14(22)12(9(7-21)5-18-8)6-19-20-15(23)11-4-10(16)2-3-13(11)17/h2-6,21-22H,7H2,1H3,(H,20,23)/b19-6+. The van der Waals surface area contributed by atoms with E-state index in [1.807, 2.05) is 0 Å². The van der Waals surface area contributed by atoms with Gasteiger partial charge in [-0.1, -0.05) is 23.2 Å². The summed E-state index contributed by atoms with van der Waals surface area (Å²) >= 11 is 11.8. The fraction of sp³-hybridized carbons (Fsp3) is 0.133. The smallest absolute Gasteiger partial charge is 0.272 e. The molecule has 1 amide bonds. The van der Waals surface area contributed by atoms with Crippen molar-refractivity contribution in [2.75, 3.05) is 0 Å². The second kappa shape index (κ2) is 7.41. The Morgan fingerprint density at radius 2 is 2.17 bits per heavy atom. The third-order valence-electron chi connectivity index (χ3n) is 3.06. The van der Waals surface area contributed by atoms with E-state index in [4.69, 9.17) is 23.2 Å². The quantitative estimate of drug-likeness (QED) is 0.581. The van der Waals surface area contributed by atoms with Crippen LogP contribution in [-0.4, -0.2) is 27.3 Å². The Hall–Kier alpha value is -2.15. The van der Waals surface area contributed by atoms with Crippen molar-refractivity contribution < 1.29 is 15.0 Å². The van der Waals surface area contributed by atoms with Gasteiger partial charge in [0.05, 0.1) is 29.1 Å². The lowest BCUT2D eigenvalue weighted by molar-refractivity contribution is 0.0955. The molecule has 0 saturated heterocycles. The monoisotopic (exact) mass is 353 g/mol. The molecule has 0 spiro atoms. The average molecular weight is 354 g/mol. The van der Waals surface area contributed by atoms with E-state index in [0.29, 0.717) is 16.3 Å². The molecule has 0 saturated carbocycles. The molecule has 6 nitrogen and oxygen atoms in total. The first-order valence-corrected chi connectivity index (χ1v) is 7.26. The molecule has 0 aliphatic rings. The third-order valence-corrected chi connectivity index (χ3v) is 3.63. The predicted octanol–water partition coefficient (Wildman–Crippen LogP) is 2.66. The largest absolute Gasteiger partial charge is 0.505 e. The fourth-order valence-corrected chi connectivity index (χ4v) is 2.19. The Kier molecular flexibility index (Phi) is 5.54. The summed E-state index contributed by atoms with van der Waals surface area (Å²) in [6, 6.07) is 4.49. The maximum atomic E-state index is 12.0. The molecule has 0 aliphatic heterocycles. The average Bonchev–Trinajstić information content (AvgIpc) is 2.53. The Balaban J connectivity index is 2.21. The molecule has 8 heteroatoms. The van der Waals surface area contributed by atoms with Crippen LogP contribution in [0.2, 0.25) is 10.0 Å². The van der Waals surface area contributed by atoms with E-state index in [2.05, 4.69) is 15.5 Å². The maximum absolute atomic E-state index is 12.0. The molecule has 0 aliphatic carbocycles. The number of aromatic hydroxyl groups is 1. The number of hydrazone groups is 1. The molecule has 2 rings (SSSR count). The number of carbonyl (C=O) groups excluding carboxylic acids is 1. The van der Waals surface area contributed by atoms with Crippen molar-refractivity contribution in [3.63, 3.8) is 0 Å². The summed E-state index contributed by atoms with van der Waals surface area (Å²) in [5.41, 5.74) is 3.50. The SMILES string of the molecule is Cc1ncc(CO)c(/C=N/NC(=O)c2cc(Cl)ccc2Cl)c1O. The highest BCUT2D eigenvalue weighted by Gasteiger charge is 2.12. The van der Waals surface area contributed by atoms with Crippen LogP contribution in [0.3, 0.4) is 0 Å². The minimum absolute atomic E-state index is 0.115. The van der Waals surface area contributed by atoms with Gasteiger partial charge in [0.25, 0.3) is 5.91 Å². The molecular weight excluding hydrogens is 341 g/mol. The van der Waals surface area contributed by atoms with Gasteiger partial charge in [-0.2, -0.15) is 5.10 Å². The summed E-state index contributed by atoms with van der Waals surface area (Å²) in [6.45, 7) is 1.29. The van der Waals surface area contributed by atoms with Crippen molar-refractivity contribution in [3.8, 4) is 5.75 Å². The minimum atomic E-state index is -0.551. The van der Waals surface area contributed by atoms with E-state index in [1.54, 1.807) is 13.0 Å². The first-order valence-electron chi connectivity index (χ1n) is 6.50. The van der Waals surface area contributed by atoms with Gasteiger partial charge in [-0.3, -0.25) is 9.78 Å². The first kappa shape index (κ1) is 17.2. The van der Waals surface area contributed by atoms with Crippen LogP contribution < -0.4 is 5.43 Å². The zero-order chi connectivity index (χ0) is 17.0. The number of benzene rings is 1. The lowest BCUT2D eigenvalue weighted by atomic mass is 10.1. The van der Waals surface area contributed by atoms with E-state index in [0.717, 1.165) is 0 Å². The van der Waals surface area contributed by atoms with Crippen LogP contribution in [0.1, 0.15) is 27.2 Å². The Morgan fingerprint density at radius 3 is 2.87 bits per heavy atom. The predicted molar refractivity (Wildman–Crippen MR) is 88.1 cm³/mol. The highest BCUT2D eigenvalue weighted by Crippen LogP contribution is 2.22. The van der Waals surface area contributed by atoms with E-state index >= 15 is 0 Å². The summed E-state index contributed by atoms with van der Waals surface area (Å²) < 4.78 is 0. The summed E-state index contributed by atoms with van der Waals surface area (Å²) in [7, 11) is 0. The number of hydrogen-bond acceptors (Lipinski definition) is 5. The molecule has 1 aromatic carbocycles. The van der Waals surface area contributed by atoms with Crippen molar-refractivity contribution in [2.45, 2.75) is 13.5 Å². The van der Waals surface area contributed by atoms with Crippen LogP contribution in [-0.2, 0) is 6.61 Å². The molecule has 0 unspecified atom stereocenters. The van der Waals surface area contributed by atoms with Crippen molar-refractivity contribution in [3.05, 3.63) is 56.8 Å². The van der Waals surface area contributed by atoms with Gasteiger partial charge in [0, 0.05) is 22.3 Å². The molecule has 0 atom stereocenters. The summed E-state index contributed by atoms with van der Waals surface area (Å²) in [5, 5.41) is 23.6. The van der Waals surface area contributed by atoms with Crippen molar-refractivity contribution in [1.29, 1.82) is 0 Å². The van der Waals surface area contributed by atoms with Gasteiger partial charge in [0.15, 0.2) is 0 Å². The zero-order valence-corrected chi connectivity index (χ0v) is 13.6. The van der Waals surface area contributed by atoms with Gasteiger partial charge in [-0.05, 0) is 25.1 Å². The number of aliphatic hydroxyl groups excluding tert-OH is 1. The van der Waals surface area contributed by atoms with Crippen LogP contribution in [0.4, 0.5) is 0 Å². The number of aryl methyl sites for hydroxylation is 1. The molecule has 23 heavy (non-hydrogen) atoms. The number of halogens is 2. The zero-order valence-electron chi connectivity index (χ0n) is 12.0. The van der Waals surface area contributed by atoms with Crippen LogP contribution >= 0.6 is 23.2 Å². The third kappa shape index (κ3) is 3.98. The molecule has 1 aromatic heterocycles. The van der Waals surface area contributed by atoms with Gasteiger partial charge in [-0.15, -0.1) is 0 Å². The van der Waals surface area contributed by atoms with E-state index in [-0.39, 0.29) is 28.5 Å². The normalized spacial score (nSPS) is 11.0. The summed E-state index contributed by atoms with van der Waals surface area (Å²) in [6.07, 6.45) is 2.65. The number of hydrogen-bond donors (Lipinski definition) is 3. The van der Waals surface area contributed by atoms with Gasteiger partial charge in [0.2, 0.25) is 0 Å². The van der Waals surface area contributed by atoms with Gasteiger partial charge < -0.3 is 10.2 Å². The lowest BCUT2D eigenvalue weighted by Gasteiger charge is -2.07. The Labute approximate surface area is 142 Å². The number of aromatic nitrogens is 1. The molecule has 1 heterocycles. The molecule has 0 radical (unpaired) electrons. The topological polar surface area (TPSA) is 94.8 Å². The molecule has 3 N–H and O–H groups in total. The van der Waals surface area contributed by atoms with E-state index in [1.165, 1.54) is 24.5 Å². The van der Waals surface area contributed by atoms with Gasteiger partial charge in [-0.25, -0.2) is 5.43 Å². The second-order valence-electron chi connectivity index (χ2n) is 4.61. The van der Waals surface area contributed by atoms with Crippen molar-refractivity contribution >= 4 is 35.3 Å². The van der Waals surface area contributed by atoms with Crippen molar-refractivity contribution in [2.24, 2.45) is 5.10 Å². The summed E-state index contributed by atoms with van der Waals surface area (Å²) in [5.74, 6) is -0.667. The summed E-state index contributed by atoms with van der Waals surface area (Å²) in [4.78, 5) is 16.0. The molecule has 120 valence electrons. The van der Waals surface area contributed by atoms with E-state index < -0.39 is 5.91 Å². The molecule has 0 fully saturated rings. The highest BCUT2D eigenvalue weighted by atomic mass is 35.5. The van der Waals surface area contributed by atoms with E-state index in [9.17, 15) is 15.0 Å². The van der Waals surface area contributed by atoms with Crippen LogP contribution in [0.5, 0.6) is 5.75 Å². The number of aliphatic hydroxyl groups is 1. The van der Waals surface area contributed by atoms with Gasteiger partial charge >= 0.3 is 0 Å². The number of nitrogens with zero attached hydrogens (tertiary/aromatic N) is 2. The second-order valence-corrected chi connectivity index (χ2v) is 5.46. The Bertz CT molecular complexity index is 779. The fourth-order valence-electron chi connectivity index (χ4n) is 1.81.